The van der Waals surface area contributed by atoms with Crippen molar-refractivity contribution in [3.63, 3.8) is 0 Å². The van der Waals surface area contributed by atoms with E-state index in [0.717, 1.165) is 24.9 Å². The second-order valence-electron chi connectivity index (χ2n) is 5.96. The minimum Gasteiger partial charge on any atom is -0.321 e. The normalized spacial score (nSPS) is 18.5. The van der Waals surface area contributed by atoms with Crippen molar-refractivity contribution in [3.8, 4) is 0 Å². The molecule has 1 aliphatic heterocycles. The highest BCUT2D eigenvalue weighted by atomic mass is 16.2. The number of unbranched alkanes of at least 4 members (excludes halogenated alkanes) is 1. The van der Waals surface area contributed by atoms with Crippen LogP contribution in [-0.2, 0) is 4.79 Å². The molecule has 1 heterocycles. The Hall–Kier alpha value is -2.10. The predicted molar refractivity (Wildman–Crippen MR) is 91.3 cm³/mol. The highest BCUT2D eigenvalue weighted by Gasteiger charge is 2.31. The van der Waals surface area contributed by atoms with Gasteiger partial charge in [0.05, 0.1) is 0 Å². The van der Waals surface area contributed by atoms with Gasteiger partial charge in [-0.2, -0.15) is 0 Å². The fraction of sp³-hybridized carbons (Fsp3) is 0.444. The van der Waals surface area contributed by atoms with Crippen molar-refractivity contribution >= 4 is 17.9 Å². The number of aliphatic imine (C=N–C) groups is 1. The second-order valence-corrected chi connectivity index (χ2v) is 5.96. The summed E-state index contributed by atoms with van der Waals surface area (Å²) in [6.07, 6.45) is 3.92. The van der Waals surface area contributed by atoms with E-state index in [1.165, 1.54) is 0 Å². The topological polar surface area (TPSA) is 44.7 Å². The Labute approximate surface area is 132 Å². The number of rotatable bonds is 6. The zero-order valence-electron chi connectivity index (χ0n) is 13.7. The Bertz CT molecular complexity index is 561. The molecule has 1 saturated heterocycles. The monoisotopic (exact) mass is 299 g/mol. The van der Waals surface area contributed by atoms with E-state index in [2.05, 4.69) is 31.1 Å². The molecule has 4 heteroatoms. The zero-order chi connectivity index (χ0) is 15.9. The highest BCUT2D eigenvalue weighted by Crippen LogP contribution is 2.15. The molecule has 1 fully saturated rings. The van der Waals surface area contributed by atoms with Gasteiger partial charge in [0.2, 0.25) is 5.96 Å². The smallest absolute Gasteiger partial charge is 0.277 e. The molecule has 118 valence electrons. The molecule has 0 radical (unpaired) electrons. The van der Waals surface area contributed by atoms with Gasteiger partial charge in [0.15, 0.2) is 0 Å². The van der Waals surface area contributed by atoms with Crippen LogP contribution in [0.1, 0.15) is 39.2 Å². The third-order valence-electron chi connectivity index (χ3n) is 3.43. The Morgan fingerprint density at radius 2 is 2.00 bits per heavy atom. The first-order valence-electron chi connectivity index (χ1n) is 8.02. The lowest BCUT2D eigenvalue weighted by Crippen LogP contribution is -2.33. The van der Waals surface area contributed by atoms with Gasteiger partial charge in [-0.1, -0.05) is 57.5 Å². The summed E-state index contributed by atoms with van der Waals surface area (Å²) < 4.78 is 0. The lowest BCUT2D eigenvalue weighted by molar-refractivity contribution is -0.122. The molecular formula is C18H25N3O. The zero-order valence-corrected chi connectivity index (χ0v) is 13.7. The van der Waals surface area contributed by atoms with Gasteiger partial charge in [-0.25, -0.2) is 0 Å². The lowest BCUT2D eigenvalue weighted by Gasteiger charge is -2.14. The van der Waals surface area contributed by atoms with Gasteiger partial charge in [-0.15, -0.1) is 0 Å². The van der Waals surface area contributed by atoms with Crippen LogP contribution in [0, 0.1) is 5.92 Å². The largest absolute Gasteiger partial charge is 0.321 e. The van der Waals surface area contributed by atoms with E-state index >= 15 is 0 Å². The summed E-state index contributed by atoms with van der Waals surface area (Å²) in [5, 5.41) is 3.19. The highest BCUT2D eigenvalue weighted by molar-refractivity contribution is 6.15. The van der Waals surface area contributed by atoms with Gasteiger partial charge in [0, 0.05) is 13.1 Å². The number of nitrogens with one attached hydrogen (secondary N) is 1. The Balaban J connectivity index is 2.22. The molecule has 0 saturated carbocycles. The maximum absolute atomic E-state index is 12.6. The van der Waals surface area contributed by atoms with Crippen LogP contribution >= 0.6 is 0 Å². The molecule has 1 aromatic rings. The molecule has 0 aliphatic carbocycles. The molecule has 0 unspecified atom stereocenters. The summed E-state index contributed by atoms with van der Waals surface area (Å²) in [7, 11) is 0. The minimum absolute atomic E-state index is 0.0137. The Morgan fingerprint density at radius 1 is 1.27 bits per heavy atom. The molecule has 0 aromatic heterocycles. The van der Waals surface area contributed by atoms with E-state index in [9.17, 15) is 4.79 Å². The van der Waals surface area contributed by atoms with E-state index in [0.29, 0.717) is 24.1 Å². The number of carbonyl (C=O) groups excluding carboxylic acids is 1. The molecular weight excluding hydrogens is 274 g/mol. The quantitative estimate of drug-likeness (QED) is 0.819. The fourth-order valence-corrected chi connectivity index (χ4v) is 2.21. The van der Waals surface area contributed by atoms with Gasteiger partial charge >= 0.3 is 0 Å². The average Bonchev–Trinajstić information content (AvgIpc) is 2.80. The SMILES string of the molecule is CCCCN1C(=O)/C(=C\c2ccccc2)NC1=NCC(C)C. The maximum atomic E-state index is 12.6. The predicted octanol–water partition coefficient (Wildman–Crippen LogP) is 3.27. The van der Waals surface area contributed by atoms with E-state index in [1.54, 1.807) is 4.90 Å². The number of amides is 1. The molecule has 4 nitrogen and oxygen atoms in total. The number of benzene rings is 1. The third-order valence-corrected chi connectivity index (χ3v) is 3.43. The molecule has 2 rings (SSSR count). The fourth-order valence-electron chi connectivity index (χ4n) is 2.21. The van der Waals surface area contributed by atoms with Crippen LogP contribution < -0.4 is 5.32 Å². The van der Waals surface area contributed by atoms with E-state index in [4.69, 9.17) is 0 Å². The summed E-state index contributed by atoms with van der Waals surface area (Å²) in [6, 6.07) is 9.88. The van der Waals surface area contributed by atoms with Gasteiger partial charge in [0.25, 0.3) is 5.91 Å². The number of guanidine groups is 1. The molecule has 1 aromatic carbocycles. The van der Waals surface area contributed by atoms with Gasteiger partial charge in [0.1, 0.15) is 5.70 Å². The summed E-state index contributed by atoms with van der Waals surface area (Å²) in [6.45, 7) is 7.80. The third kappa shape index (κ3) is 4.20. The van der Waals surface area contributed by atoms with Crippen molar-refractivity contribution < 1.29 is 4.79 Å². The molecule has 1 amide bonds. The average molecular weight is 299 g/mol. The number of carbonyl (C=O) groups is 1. The molecule has 1 aliphatic rings. The Kier molecular flexibility index (Phi) is 5.75. The van der Waals surface area contributed by atoms with Crippen molar-refractivity contribution in [2.24, 2.45) is 10.9 Å². The van der Waals surface area contributed by atoms with Crippen molar-refractivity contribution in [3.05, 3.63) is 41.6 Å². The molecule has 0 atom stereocenters. The molecule has 1 N–H and O–H groups in total. The molecule has 22 heavy (non-hydrogen) atoms. The van der Waals surface area contributed by atoms with Crippen molar-refractivity contribution in [1.29, 1.82) is 0 Å². The number of hydrogen-bond donors (Lipinski definition) is 1. The van der Waals surface area contributed by atoms with Gasteiger partial charge in [-0.3, -0.25) is 14.7 Å². The summed E-state index contributed by atoms with van der Waals surface area (Å²) in [5.41, 5.74) is 1.61. The number of hydrogen-bond acceptors (Lipinski definition) is 2. The van der Waals surface area contributed by atoms with E-state index < -0.39 is 0 Å². The van der Waals surface area contributed by atoms with Crippen LogP contribution in [0.25, 0.3) is 6.08 Å². The van der Waals surface area contributed by atoms with Crippen LogP contribution in [0.2, 0.25) is 0 Å². The lowest BCUT2D eigenvalue weighted by atomic mass is 10.2. The van der Waals surface area contributed by atoms with Crippen LogP contribution in [0.4, 0.5) is 0 Å². The summed E-state index contributed by atoms with van der Waals surface area (Å²) in [5.74, 6) is 1.17. The van der Waals surface area contributed by atoms with Gasteiger partial charge in [-0.05, 0) is 24.0 Å². The van der Waals surface area contributed by atoms with Crippen LogP contribution in [0.3, 0.4) is 0 Å². The van der Waals surface area contributed by atoms with Crippen molar-refractivity contribution in [1.82, 2.24) is 10.2 Å². The van der Waals surface area contributed by atoms with Crippen molar-refractivity contribution in [2.75, 3.05) is 13.1 Å². The van der Waals surface area contributed by atoms with E-state index in [1.807, 2.05) is 36.4 Å². The van der Waals surface area contributed by atoms with Crippen LogP contribution in [-0.4, -0.2) is 29.9 Å². The first-order chi connectivity index (χ1) is 10.6. The Morgan fingerprint density at radius 3 is 2.64 bits per heavy atom. The second kappa shape index (κ2) is 7.78. The minimum atomic E-state index is 0.0137. The molecule has 0 spiro atoms. The van der Waals surface area contributed by atoms with Crippen LogP contribution in [0.5, 0.6) is 0 Å². The first-order valence-corrected chi connectivity index (χ1v) is 8.02. The first kappa shape index (κ1) is 16.3. The summed E-state index contributed by atoms with van der Waals surface area (Å²) in [4.78, 5) is 18.9. The van der Waals surface area contributed by atoms with Gasteiger partial charge < -0.3 is 5.32 Å². The number of nitrogens with zero attached hydrogens (tertiary/aromatic N) is 2. The summed E-state index contributed by atoms with van der Waals surface area (Å²) >= 11 is 0. The standard InChI is InChI=1S/C18H25N3O/c1-4-5-11-21-17(22)16(12-15-9-7-6-8-10-15)20-18(21)19-13-14(2)3/h6-10,12,14H,4-5,11,13H2,1-3H3,(H,19,20)/b16-12+. The van der Waals surface area contributed by atoms with E-state index in [-0.39, 0.29) is 5.91 Å². The van der Waals surface area contributed by atoms with Crippen molar-refractivity contribution in [2.45, 2.75) is 33.6 Å². The molecule has 0 bridgehead atoms. The van der Waals surface area contributed by atoms with Crippen LogP contribution in [0.15, 0.2) is 41.0 Å². The maximum Gasteiger partial charge on any atom is 0.277 e.